The number of hydrogen-bond donors (Lipinski definition) is 2. The zero-order valence-electron chi connectivity index (χ0n) is 21.3. The Morgan fingerprint density at radius 1 is 1.13 bits per heavy atom. The number of carbonyl (C=O) groups excluding carboxylic acids is 1. The molecule has 0 bridgehead atoms. The van der Waals surface area contributed by atoms with E-state index in [1.807, 2.05) is 6.07 Å². The number of thioether (sulfide) groups is 1. The van der Waals surface area contributed by atoms with Crippen LogP contribution >= 0.6 is 11.8 Å². The maximum absolute atomic E-state index is 15.1. The van der Waals surface area contributed by atoms with Crippen molar-refractivity contribution in [3.63, 3.8) is 0 Å². The summed E-state index contributed by atoms with van der Waals surface area (Å²) < 4.78 is 68.7. The van der Waals surface area contributed by atoms with E-state index in [0.29, 0.717) is 11.1 Å². The quantitative estimate of drug-likeness (QED) is 0.504. The van der Waals surface area contributed by atoms with Gasteiger partial charge in [-0.1, -0.05) is 56.8 Å². The number of nitrogens with zero attached hydrogens (tertiary/aromatic N) is 1. The van der Waals surface area contributed by atoms with E-state index in [4.69, 9.17) is 0 Å². The van der Waals surface area contributed by atoms with E-state index < -0.39 is 39.5 Å². The van der Waals surface area contributed by atoms with Crippen LogP contribution in [0.25, 0.3) is 11.1 Å². The minimum absolute atomic E-state index is 0.0797. The van der Waals surface area contributed by atoms with Crippen molar-refractivity contribution in [2.24, 2.45) is 5.92 Å². The van der Waals surface area contributed by atoms with Crippen molar-refractivity contribution in [2.45, 2.75) is 49.0 Å². The predicted molar refractivity (Wildman–Crippen MR) is 143 cm³/mol. The van der Waals surface area contributed by atoms with Crippen molar-refractivity contribution in [2.75, 3.05) is 17.8 Å². The lowest BCUT2D eigenvalue weighted by molar-refractivity contribution is -0.191. The molecule has 204 valence electrons. The van der Waals surface area contributed by atoms with Crippen LogP contribution in [0.3, 0.4) is 0 Å². The third-order valence-corrected chi connectivity index (χ3v) is 8.59. The number of hydrogen-bond acceptors (Lipinski definition) is 6. The first kappa shape index (κ1) is 29.7. The molecule has 2 aromatic rings. The number of alkyl halides is 3. The van der Waals surface area contributed by atoms with Gasteiger partial charge in [-0.3, -0.25) is 10.1 Å². The van der Waals surface area contributed by atoms with Gasteiger partial charge in [-0.2, -0.15) is 30.2 Å². The fourth-order valence-corrected chi connectivity index (χ4v) is 6.00. The summed E-state index contributed by atoms with van der Waals surface area (Å²) in [6.45, 7) is 7.42. The molecular formula is C27H30F3N3O3S2. The molecule has 1 heterocycles. The molecule has 0 unspecified atom stereocenters. The first-order valence-electron chi connectivity index (χ1n) is 11.9. The Hall–Kier alpha value is -2.81. The van der Waals surface area contributed by atoms with Crippen LogP contribution < -0.4 is 10.6 Å². The van der Waals surface area contributed by atoms with Gasteiger partial charge in [0, 0.05) is 17.8 Å². The highest BCUT2D eigenvalue weighted by Gasteiger charge is 2.59. The second-order valence-electron chi connectivity index (χ2n) is 9.76. The molecule has 1 amide bonds. The second kappa shape index (κ2) is 11.5. The number of nitriles is 1. The number of amides is 1. The zero-order chi connectivity index (χ0) is 28.3. The summed E-state index contributed by atoms with van der Waals surface area (Å²) in [5, 5.41) is 14.6. The highest BCUT2D eigenvalue weighted by molar-refractivity contribution is 7.99. The molecule has 0 aliphatic carbocycles. The van der Waals surface area contributed by atoms with E-state index in [1.165, 1.54) is 36.4 Å². The number of carbonyl (C=O) groups is 1. The minimum Gasteiger partial charge on any atom is -0.338 e. The molecule has 0 radical (unpaired) electrons. The number of benzene rings is 2. The van der Waals surface area contributed by atoms with Crippen molar-refractivity contribution in [1.29, 1.82) is 5.26 Å². The van der Waals surface area contributed by atoms with Crippen LogP contribution in [0.5, 0.6) is 0 Å². The van der Waals surface area contributed by atoms with Gasteiger partial charge in [-0.25, -0.2) is 8.42 Å². The molecule has 38 heavy (non-hydrogen) atoms. The average molecular weight is 566 g/mol. The molecule has 2 aromatic carbocycles. The second-order valence-corrected chi connectivity index (χ2v) is 12.8. The Labute approximate surface area is 225 Å². The summed E-state index contributed by atoms with van der Waals surface area (Å²) >= 11 is 1.10. The molecule has 0 saturated carbocycles. The van der Waals surface area contributed by atoms with Gasteiger partial charge in [-0.05, 0) is 46.7 Å². The van der Waals surface area contributed by atoms with Crippen LogP contribution in [0.15, 0.2) is 65.6 Å². The van der Waals surface area contributed by atoms with Gasteiger partial charge >= 0.3 is 6.18 Å². The van der Waals surface area contributed by atoms with Crippen LogP contribution in [0, 0.1) is 17.2 Å². The summed E-state index contributed by atoms with van der Waals surface area (Å²) in [6.07, 6.45) is -3.63. The summed E-state index contributed by atoms with van der Waals surface area (Å²) in [4.78, 5) is 13.2. The molecule has 2 N–H and O–H groups in total. The number of nitrogens with one attached hydrogen (secondary N) is 2. The standard InChI is InChI=1S/C27H30F3N3O3S2/c1-17(2)13-24-25(34)32-22(14-31)16-37-15-18(3)26(33-24,27(28,29)30)21-9-5-19(6-10-21)20-7-11-23(12-8-20)38(4,35)36/h5-12,17,22,24,33H,3,13,15-16H2,1-2,4H3,(H,32,34)/t22-,24+,26+/m1/s1. The fourth-order valence-electron chi connectivity index (χ4n) is 4.40. The Kier molecular flexibility index (Phi) is 9.01. The monoisotopic (exact) mass is 565 g/mol. The molecule has 1 saturated heterocycles. The molecule has 3 rings (SSSR count). The van der Waals surface area contributed by atoms with Crippen LogP contribution in [-0.2, 0) is 20.2 Å². The van der Waals surface area contributed by atoms with E-state index in [1.54, 1.807) is 26.0 Å². The topological polar surface area (TPSA) is 99.1 Å². The molecule has 0 aromatic heterocycles. The van der Waals surface area contributed by atoms with Crippen molar-refractivity contribution < 1.29 is 26.4 Å². The molecule has 1 aliphatic heterocycles. The van der Waals surface area contributed by atoms with Crippen LogP contribution in [0.1, 0.15) is 25.8 Å². The molecule has 1 fully saturated rings. The van der Waals surface area contributed by atoms with E-state index in [0.717, 1.165) is 18.0 Å². The first-order valence-corrected chi connectivity index (χ1v) is 14.9. The smallest absolute Gasteiger partial charge is 0.338 e. The molecular weight excluding hydrogens is 535 g/mol. The predicted octanol–water partition coefficient (Wildman–Crippen LogP) is 4.83. The molecule has 0 spiro atoms. The minimum atomic E-state index is -4.84. The average Bonchev–Trinajstić information content (AvgIpc) is 2.84. The third kappa shape index (κ3) is 6.42. The maximum atomic E-state index is 15.1. The van der Waals surface area contributed by atoms with E-state index in [9.17, 15) is 18.5 Å². The van der Waals surface area contributed by atoms with Gasteiger partial charge in [0.25, 0.3) is 0 Å². The Bertz CT molecular complexity index is 1320. The van der Waals surface area contributed by atoms with Crippen LogP contribution in [0.2, 0.25) is 0 Å². The number of halogens is 3. The van der Waals surface area contributed by atoms with Crippen LogP contribution in [0.4, 0.5) is 13.2 Å². The lowest BCUT2D eigenvalue weighted by Crippen LogP contribution is -2.63. The summed E-state index contributed by atoms with van der Waals surface area (Å²) in [5.41, 5.74) is -1.77. The molecule has 11 heteroatoms. The lowest BCUT2D eigenvalue weighted by Gasteiger charge is -2.42. The number of rotatable bonds is 5. The van der Waals surface area contributed by atoms with Crippen molar-refractivity contribution in [1.82, 2.24) is 10.6 Å². The van der Waals surface area contributed by atoms with Gasteiger partial charge in [0.1, 0.15) is 6.04 Å². The molecule has 6 nitrogen and oxygen atoms in total. The van der Waals surface area contributed by atoms with Crippen LogP contribution in [-0.4, -0.2) is 50.3 Å². The summed E-state index contributed by atoms with van der Waals surface area (Å²) in [7, 11) is -3.38. The Morgan fingerprint density at radius 2 is 1.68 bits per heavy atom. The summed E-state index contributed by atoms with van der Waals surface area (Å²) in [6, 6.07) is 11.8. The highest BCUT2D eigenvalue weighted by atomic mass is 32.2. The van der Waals surface area contributed by atoms with Gasteiger partial charge in [0.05, 0.1) is 17.0 Å². The normalized spacial score (nSPS) is 23.5. The number of sulfone groups is 1. The van der Waals surface area contributed by atoms with Crippen molar-refractivity contribution >= 4 is 27.5 Å². The summed E-state index contributed by atoms with van der Waals surface area (Å²) in [5.74, 6) is -0.722. The largest absolute Gasteiger partial charge is 0.414 e. The molecule has 1 aliphatic rings. The fraction of sp³-hybridized carbons (Fsp3) is 0.407. The Morgan fingerprint density at radius 3 is 2.16 bits per heavy atom. The van der Waals surface area contributed by atoms with E-state index in [-0.39, 0.29) is 39.9 Å². The highest BCUT2D eigenvalue weighted by Crippen LogP contribution is 2.46. The van der Waals surface area contributed by atoms with Crippen molar-refractivity contribution in [3.8, 4) is 17.2 Å². The first-order chi connectivity index (χ1) is 17.7. The van der Waals surface area contributed by atoms with E-state index >= 15 is 13.2 Å². The zero-order valence-corrected chi connectivity index (χ0v) is 22.9. The van der Waals surface area contributed by atoms with Gasteiger partial charge in [-0.15, -0.1) is 0 Å². The maximum Gasteiger partial charge on any atom is 0.414 e. The van der Waals surface area contributed by atoms with Gasteiger partial charge in [0.15, 0.2) is 15.4 Å². The lowest BCUT2D eigenvalue weighted by atomic mass is 9.81. The Balaban J connectivity index is 2.10. The van der Waals surface area contributed by atoms with Gasteiger partial charge in [0.2, 0.25) is 5.91 Å². The SMILES string of the molecule is C=C1CSC[C@@H](C#N)NC(=O)[C@H](CC(C)C)N[C@@]1(c1ccc(-c2ccc(S(C)(=O)=O)cc2)cc1)C(F)(F)F. The third-order valence-electron chi connectivity index (χ3n) is 6.34. The van der Waals surface area contributed by atoms with Crippen molar-refractivity contribution in [3.05, 3.63) is 66.2 Å². The molecule has 3 atom stereocenters. The van der Waals surface area contributed by atoms with E-state index in [2.05, 4.69) is 17.2 Å². The van der Waals surface area contributed by atoms with Gasteiger partial charge < -0.3 is 5.32 Å².